The number of carbonyl (C=O) groups is 2. The molecule has 0 bridgehead atoms. The molecule has 2 rings (SSSR count). The Hall–Kier alpha value is -2.34. The molecule has 23 heavy (non-hydrogen) atoms. The fourth-order valence-corrected chi connectivity index (χ4v) is 2.24. The fourth-order valence-electron chi connectivity index (χ4n) is 2.24. The predicted octanol–water partition coefficient (Wildman–Crippen LogP) is -0.0593. The average Bonchev–Trinajstić information content (AvgIpc) is 2.68. The highest BCUT2D eigenvalue weighted by atomic mass is 16.5. The number of hydrogen-bond acceptors (Lipinski definition) is 6. The molecule has 1 aliphatic heterocycles. The van der Waals surface area contributed by atoms with Gasteiger partial charge in [-0.1, -0.05) is 32.0 Å². The second kappa shape index (κ2) is 9.63. The standard InChI is InChI=1S/C13H19NO.C4H4O4/c1-10(2)14-12-7-5-9-15-13-8-4-3-6-11(12)13;5-3(6)1-2-4(7)8/h3-4,6,8,10,12,14H,5,7,9H2,1-2H3;1-2H,(H,5,6)(H,7,8)/p-2/b;2-1+. The van der Waals surface area contributed by atoms with E-state index in [1.807, 2.05) is 6.07 Å². The minimum Gasteiger partial charge on any atom is -0.545 e. The van der Waals surface area contributed by atoms with Gasteiger partial charge >= 0.3 is 0 Å². The van der Waals surface area contributed by atoms with Gasteiger partial charge < -0.3 is 29.9 Å². The van der Waals surface area contributed by atoms with Crippen molar-refractivity contribution < 1.29 is 24.5 Å². The van der Waals surface area contributed by atoms with E-state index in [2.05, 4.69) is 37.4 Å². The van der Waals surface area contributed by atoms with Crippen molar-refractivity contribution in [3.05, 3.63) is 42.0 Å². The highest BCUT2D eigenvalue weighted by Gasteiger charge is 2.19. The lowest BCUT2D eigenvalue weighted by atomic mass is 10.0. The van der Waals surface area contributed by atoms with Gasteiger partial charge in [0.25, 0.3) is 0 Å². The van der Waals surface area contributed by atoms with Crippen LogP contribution in [0.5, 0.6) is 5.75 Å². The number of hydrogen-bond donors (Lipinski definition) is 1. The Morgan fingerprint density at radius 3 is 2.39 bits per heavy atom. The summed E-state index contributed by atoms with van der Waals surface area (Å²) in [7, 11) is 0. The van der Waals surface area contributed by atoms with Gasteiger partial charge in [0, 0.05) is 17.6 Å². The third-order valence-electron chi connectivity index (χ3n) is 3.08. The number of aliphatic carboxylic acids is 2. The molecule has 1 aliphatic rings. The molecule has 1 N–H and O–H groups in total. The van der Waals surface area contributed by atoms with Gasteiger partial charge in [0.2, 0.25) is 0 Å². The third kappa shape index (κ3) is 7.46. The van der Waals surface area contributed by atoms with E-state index in [0.29, 0.717) is 24.2 Å². The first-order valence-electron chi connectivity index (χ1n) is 7.48. The molecule has 1 unspecified atom stereocenters. The molecule has 1 aromatic carbocycles. The van der Waals surface area contributed by atoms with Crippen molar-refractivity contribution in [2.75, 3.05) is 6.61 Å². The SMILES string of the molecule is CC(C)NC1CCCOc2ccccc21.O=C([O-])/C=C/C(=O)[O-]. The van der Waals surface area contributed by atoms with Crippen molar-refractivity contribution in [2.24, 2.45) is 0 Å². The van der Waals surface area contributed by atoms with Gasteiger partial charge in [-0.3, -0.25) is 0 Å². The first-order valence-corrected chi connectivity index (χ1v) is 7.48. The van der Waals surface area contributed by atoms with Crippen molar-refractivity contribution >= 4 is 11.9 Å². The molecule has 0 spiro atoms. The Morgan fingerprint density at radius 1 is 1.22 bits per heavy atom. The maximum Gasteiger partial charge on any atom is 0.124 e. The van der Waals surface area contributed by atoms with Crippen molar-refractivity contribution in [3.8, 4) is 5.75 Å². The molecule has 0 fully saturated rings. The number of carboxylic acids is 2. The number of carboxylic acid groups (broad SMARTS) is 2. The summed E-state index contributed by atoms with van der Waals surface area (Å²) in [4.78, 5) is 18.8. The van der Waals surface area contributed by atoms with Crippen LogP contribution in [0.25, 0.3) is 0 Å². The van der Waals surface area contributed by atoms with Crippen molar-refractivity contribution in [1.82, 2.24) is 5.32 Å². The maximum absolute atomic E-state index is 9.41. The minimum absolute atomic E-state index is 0.384. The number of nitrogens with one attached hydrogen (secondary N) is 1. The van der Waals surface area contributed by atoms with Gasteiger partial charge in [-0.15, -0.1) is 0 Å². The molecule has 0 aromatic heterocycles. The van der Waals surface area contributed by atoms with E-state index in [0.717, 1.165) is 25.2 Å². The number of carbonyl (C=O) groups excluding carboxylic acids is 2. The first kappa shape index (κ1) is 18.7. The zero-order valence-corrected chi connectivity index (χ0v) is 13.3. The smallest absolute Gasteiger partial charge is 0.124 e. The van der Waals surface area contributed by atoms with Crippen molar-refractivity contribution in [3.63, 3.8) is 0 Å². The molecule has 1 heterocycles. The monoisotopic (exact) mass is 319 g/mol. The Bertz CT molecular complexity index is 538. The van der Waals surface area contributed by atoms with Crippen LogP contribution in [0.4, 0.5) is 0 Å². The quantitative estimate of drug-likeness (QED) is 0.780. The van der Waals surface area contributed by atoms with E-state index in [-0.39, 0.29) is 0 Å². The Labute approximate surface area is 135 Å². The fraction of sp³-hybridized carbons (Fsp3) is 0.412. The van der Waals surface area contributed by atoms with E-state index in [1.54, 1.807) is 0 Å². The molecule has 0 aliphatic carbocycles. The van der Waals surface area contributed by atoms with Crippen molar-refractivity contribution in [2.45, 2.75) is 38.8 Å². The number of benzene rings is 1. The Balaban J connectivity index is 0.000000284. The lowest BCUT2D eigenvalue weighted by molar-refractivity contribution is -0.301. The molecular weight excluding hydrogens is 298 g/mol. The van der Waals surface area contributed by atoms with E-state index >= 15 is 0 Å². The first-order chi connectivity index (χ1) is 10.9. The lowest BCUT2D eigenvalue weighted by Crippen LogP contribution is -2.27. The van der Waals surface area contributed by atoms with Crippen LogP contribution in [0.1, 0.15) is 38.3 Å². The van der Waals surface area contributed by atoms with Gasteiger partial charge in [-0.05, 0) is 31.1 Å². The van der Waals surface area contributed by atoms with Gasteiger partial charge in [0.15, 0.2) is 0 Å². The Kier molecular flexibility index (Phi) is 7.83. The van der Waals surface area contributed by atoms with E-state index in [9.17, 15) is 19.8 Å². The number of para-hydroxylation sites is 1. The summed E-state index contributed by atoms with van der Waals surface area (Å²) in [6.07, 6.45) is 3.05. The molecule has 0 amide bonds. The van der Waals surface area contributed by atoms with Gasteiger partial charge in [-0.2, -0.15) is 0 Å². The van der Waals surface area contributed by atoms with Gasteiger partial charge in [0.1, 0.15) is 5.75 Å². The molecular formula is C17H21NO5-2. The summed E-state index contributed by atoms with van der Waals surface area (Å²) >= 11 is 0. The second-order valence-corrected chi connectivity index (χ2v) is 5.37. The number of rotatable bonds is 4. The van der Waals surface area contributed by atoms with E-state index in [1.165, 1.54) is 5.56 Å². The predicted molar refractivity (Wildman–Crippen MR) is 81.3 cm³/mol. The summed E-state index contributed by atoms with van der Waals surface area (Å²) in [5.41, 5.74) is 1.31. The van der Waals surface area contributed by atoms with Crippen LogP contribution in [0.15, 0.2) is 36.4 Å². The highest BCUT2D eigenvalue weighted by molar-refractivity contribution is 5.87. The van der Waals surface area contributed by atoms with E-state index in [4.69, 9.17) is 4.74 Å². The topological polar surface area (TPSA) is 102 Å². The van der Waals surface area contributed by atoms with Gasteiger partial charge in [-0.25, -0.2) is 0 Å². The summed E-state index contributed by atoms with van der Waals surface area (Å²) in [5, 5.41) is 22.4. The molecule has 0 radical (unpaired) electrons. The second-order valence-electron chi connectivity index (χ2n) is 5.37. The molecule has 126 valence electrons. The van der Waals surface area contributed by atoms with Crippen molar-refractivity contribution in [1.29, 1.82) is 0 Å². The zero-order chi connectivity index (χ0) is 17.2. The molecule has 1 atom stereocenters. The van der Waals surface area contributed by atoms with Crippen LogP contribution in [0.3, 0.4) is 0 Å². The van der Waals surface area contributed by atoms with Gasteiger partial charge in [0.05, 0.1) is 18.5 Å². The summed E-state index contributed by atoms with van der Waals surface area (Å²) in [5.74, 6) is -2.04. The summed E-state index contributed by atoms with van der Waals surface area (Å²) in [6, 6.07) is 9.32. The van der Waals surface area contributed by atoms with Crippen LogP contribution in [0, 0.1) is 0 Å². The van der Waals surface area contributed by atoms with Crippen LogP contribution in [0.2, 0.25) is 0 Å². The molecule has 6 nitrogen and oxygen atoms in total. The van der Waals surface area contributed by atoms with Crippen LogP contribution in [-0.4, -0.2) is 24.6 Å². The lowest BCUT2D eigenvalue weighted by Gasteiger charge is -2.20. The zero-order valence-electron chi connectivity index (χ0n) is 13.3. The number of fused-ring (bicyclic) bond motifs is 1. The van der Waals surface area contributed by atoms with E-state index < -0.39 is 11.9 Å². The van der Waals surface area contributed by atoms with Crippen LogP contribution >= 0.6 is 0 Å². The highest BCUT2D eigenvalue weighted by Crippen LogP contribution is 2.31. The average molecular weight is 319 g/mol. The van der Waals surface area contributed by atoms with Crippen LogP contribution in [-0.2, 0) is 9.59 Å². The molecule has 6 heteroatoms. The van der Waals surface area contributed by atoms with Crippen LogP contribution < -0.4 is 20.3 Å². The minimum atomic E-state index is -1.55. The summed E-state index contributed by atoms with van der Waals surface area (Å²) in [6.45, 7) is 5.22. The summed E-state index contributed by atoms with van der Waals surface area (Å²) < 4.78 is 5.72. The Morgan fingerprint density at radius 2 is 1.83 bits per heavy atom. The molecule has 1 aromatic rings. The molecule has 0 saturated carbocycles. The largest absolute Gasteiger partial charge is 0.545 e. The molecule has 0 saturated heterocycles. The number of ether oxygens (including phenoxy) is 1. The third-order valence-corrected chi connectivity index (χ3v) is 3.08. The maximum atomic E-state index is 9.41. The normalized spacial score (nSPS) is 16.7.